The second-order valence-corrected chi connectivity index (χ2v) is 6.29. The fraction of sp³-hybridized carbons (Fsp3) is 0.333. The van der Waals surface area contributed by atoms with E-state index in [0.29, 0.717) is 0 Å². The minimum Gasteiger partial charge on any atom is -0.480 e. The van der Waals surface area contributed by atoms with E-state index in [0.717, 1.165) is 10.0 Å². The highest BCUT2D eigenvalue weighted by Gasteiger charge is 2.21. The van der Waals surface area contributed by atoms with Crippen LogP contribution >= 0.6 is 15.9 Å². The highest BCUT2D eigenvalue weighted by Crippen LogP contribution is 2.17. The average Bonchev–Trinajstić information content (AvgIpc) is 2.30. The van der Waals surface area contributed by atoms with E-state index in [-0.39, 0.29) is 11.5 Å². The lowest BCUT2D eigenvalue weighted by atomic mass is 10.2. The van der Waals surface area contributed by atoms with Gasteiger partial charge >= 0.3 is 5.97 Å². The Morgan fingerprint density at radius 1 is 1.42 bits per heavy atom. The maximum Gasteiger partial charge on any atom is 0.327 e. The monoisotopic (exact) mass is 347 g/mol. The van der Waals surface area contributed by atoms with Gasteiger partial charge in [0.25, 0.3) is 0 Å². The van der Waals surface area contributed by atoms with Crippen LogP contribution in [0.5, 0.6) is 0 Å². The average molecular weight is 348 g/mol. The maximum atomic E-state index is 11.9. The number of carboxylic acid groups (broad SMARTS) is 1. The minimum absolute atomic E-state index is 0.115. The molecular weight excluding hydrogens is 334 g/mol. The van der Waals surface area contributed by atoms with Crippen LogP contribution in [0.15, 0.2) is 28.7 Å². The van der Waals surface area contributed by atoms with Gasteiger partial charge in [-0.15, -0.1) is 0 Å². The van der Waals surface area contributed by atoms with Crippen molar-refractivity contribution in [2.45, 2.75) is 18.7 Å². The number of aliphatic carboxylic acids is 1. The van der Waals surface area contributed by atoms with Crippen LogP contribution in [0.4, 0.5) is 0 Å². The molecule has 1 aromatic rings. The van der Waals surface area contributed by atoms with Gasteiger partial charge in [0.15, 0.2) is 0 Å². The Balaban J connectivity index is 2.65. The number of carboxylic acids is 1. The summed E-state index contributed by atoms with van der Waals surface area (Å²) in [5.74, 6) is -1.51. The van der Waals surface area contributed by atoms with Gasteiger partial charge in [-0.2, -0.15) is 0 Å². The number of rotatable bonds is 6. The molecule has 0 aromatic heterocycles. The molecule has 0 aliphatic rings. The molecule has 2 unspecified atom stereocenters. The zero-order valence-corrected chi connectivity index (χ0v) is 12.7. The number of amides is 1. The van der Waals surface area contributed by atoms with Crippen molar-refractivity contribution in [2.24, 2.45) is 0 Å². The molecule has 0 fully saturated rings. The van der Waals surface area contributed by atoms with Crippen molar-refractivity contribution in [3.8, 4) is 0 Å². The summed E-state index contributed by atoms with van der Waals surface area (Å²) < 4.78 is 12.8. The van der Waals surface area contributed by atoms with E-state index in [9.17, 15) is 13.8 Å². The Morgan fingerprint density at radius 2 is 2.05 bits per heavy atom. The zero-order valence-electron chi connectivity index (χ0n) is 10.3. The fourth-order valence-electron chi connectivity index (χ4n) is 1.45. The molecule has 19 heavy (non-hydrogen) atoms. The van der Waals surface area contributed by atoms with E-state index < -0.39 is 28.7 Å². The van der Waals surface area contributed by atoms with Crippen molar-refractivity contribution >= 4 is 38.6 Å². The van der Waals surface area contributed by atoms with Crippen LogP contribution in [0.2, 0.25) is 0 Å². The Kier molecular flexibility index (Phi) is 6.17. The van der Waals surface area contributed by atoms with Gasteiger partial charge in [-0.3, -0.25) is 9.00 Å². The maximum absolute atomic E-state index is 11.9. The predicted octanol–water partition coefficient (Wildman–Crippen LogP) is 1.29. The van der Waals surface area contributed by atoms with Gasteiger partial charge in [0.05, 0.1) is 5.75 Å². The summed E-state index contributed by atoms with van der Waals surface area (Å²) in [5.41, 5.74) is 0.841. The molecule has 1 aromatic carbocycles. The first-order valence-electron chi connectivity index (χ1n) is 5.48. The van der Waals surface area contributed by atoms with Crippen LogP contribution in [0.3, 0.4) is 0 Å². The van der Waals surface area contributed by atoms with Crippen molar-refractivity contribution in [1.29, 1.82) is 0 Å². The van der Waals surface area contributed by atoms with Crippen molar-refractivity contribution < 1.29 is 18.9 Å². The topological polar surface area (TPSA) is 83.5 Å². The summed E-state index contributed by atoms with van der Waals surface area (Å²) in [5, 5.41) is 11.2. The second-order valence-electron chi connectivity index (χ2n) is 3.93. The third-order valence-electron chi connectivity index (χ3n) is 2.30. The number of benzene rings is 1. The van der Waals surface area contributed by atoms with Crippen LogP contribution in [-0.2, 0) is 26.1 Å². The number of halogens is 1. The Bertz CT molecular complexity index is 506. The molecular formula is C12H14BrNO4S. The highest BCUT2D eigenvalue weighted by molar-refractivity contribution is 9.10. The van der Waals surface area contributed by atoms with Gasteiger partial charge in [-0.1, -0.05) is 34.1 Å². The normalized spacial score (nSPS) is 13.6. The van der Waals surface area contributed by atoms with Crippen molar-refractivity contribution in [1.82, 2.24) is 5.32 Å². The Morgan fingerprint density at radius 3 is 2.58 bits per heavy atom. The number of carbonyl (C=O) groups is 2. The third-order valence-corrected chi connectivity index (χ3v) is 4.41. The molecule has 2 atom stereocenters. The molecule has 7 heteroatoms. The quantitative estimate of drug-likeness (QED) is 0.812. The van der Waals surface area contributed by atoms with Gasteiger partial charge in [0.1, 0.15) is 6.04 Å². The summed E-state index contributed by atoms with van der Waals surface area (Å²) in [6, 6.07) is 6.18. The van der Waals surface area contributed by atoms with Crippen molar-refractivity contribution in [2.75, 3.05) is 5.75 Å². The molecule has 5 nitrogen and oxygen atoms in total. The van der Waals surface area contributed by atoms with Crippen LogP contribution in [0.1, 0.15) is 12.5 Å². The van der Waals surface area contributed by atoms with Gasteiger partial charge in [-0.25, -0.2) is 4.79 Å². The van der Waals surface area contributed by atoms with Gasteiger partial charge in [-0.05, 0) is 11.6 Å². The second kappa shape index (κ2) is 7.40. The summed E-state index contributed by atoms with van der Waals surface area (Å²) in [4.78, 5) is 21.8. The van der Waals surface area contributed by atoms with Crippen molar-refractivity contribution in [3.05, 3.63) is 34.3 Å². The number of hydrogen-bond acceptors (Lipinski definition) is 3. The lowest BCUT2D eigenvalue weighted by Gasteiger charge is -2.13. The smallest absolute Gasteiger partial charge is 0.327 e. The van der Waals surface area contributed by atoms with Gasteiger partial charge in [0, 0.05) is 27.9 Å². The molecule has 2 N–H and O–H groups in total. The Hall–Kier alpha value is -1.21. The number of carbonyl (C=O) groups excluding carboxylic acids is 1. The SMILES string of the molecule is CC(=O)NC(CS(=O)Cc1ccccc1Br)C(=O)O. The van der Waals surface area contributed by atoms with Crippen LogP contribution < -0.4 is 5.32 Å². The first-order chi connectivity index (χ1) is 8.90. The van der Waals surface area contributed by atoms with Crippen LogP contribution in [0.25, 0.3) is 0 Å². The summed E-state index contributed by atoms with van der Waals surface area (Å²) >= 11 is 3.34. The third kappa shape index (κ3) is 5.52. The number of hydrogen-bond donors (Lipinski definition) is 2. The first kappa shape index (κ1) is 15.8. The highest BCUT2D eigenvalue weighted by atomic mass is 79.9. The van der Waals surface area contributed by atoms with E-state index >= 15 is 0 Å². The number of nitrogens with one attached hydrogen (secondary N) is 1. The Labute approximate surface area is 122 Å². The standard InChI is InChI=1S/C12H14BrNO4S/c1-8(15)14-11(12(16)17)7-19(18)6-9-4-2-3-5-10(9)13/h2-5,11H,6-7H2,1H3,(H,14,15)(H,16,17). The fourth-order valence-corrected chi connectivity index (χ4v) is 3.38. The van der Waals surface area contributed by atoms with E-state index in [4.69, 9.17) is 5.11 Å². The molecule has 104 valence electrons. The molecule has 0 aliphatic carbocycles. The summed E-state index contributed by atoms with van der Waals surface area (Å²) in [7, 11) is -1.37. The summed E-state index contributed by atoms with van der Waals surface area (Å²) in [6.45, 7) is 1.23. The molecule has 1 amide bonds. The largest absolute Gasteiger partial charge is 0.480 e. The van der Waals surface area contributed by atoms with Crippen LogP contribution in [0, 0.1) is 0 Å². The van der Waals surface area contributed by atoms with E-state index in [2.05, 4.69) is 21.2 Å². The molecule has 0 heterocycles. The molecule has 0 bridgehead atoms. The minimum atomic E-state index is -1.37. The predicted molar refractivity (Wildman–Crippen MR) is 76.1 cm³/mol. The van der Waals surface area contributed by atoms with Gasteiger partial charge < -0.3 is 10.4 Å². The van der Waals surface area contributed by atoms with Crippen molar-refractivity contribution in [3.63, 3.8) is 0 Å². The van der Waals surface area contributed by atoms with E-state index in [1.165, 1.54) is 6.92 Å². The lowest BCUT2D eigenvalue weighted by Crippen LogP contribution is -2.43. The summed E-state index contributed by atoms with van der Waals surface area (Å²) in [6.07, 6.45) is 0. The lowest BCUT2D eigenvalue weighted by molar-refractivity contribution is -0.140. The first-order valence-corrected chi connectivity index (χ1v) is 7.76. The van der Waals surface area contributed by atoms with Gasteiger partial charge in [0.2, 0.25) is 5.91 Å². The molecule has 1 rings (SSSR count). The molecule has 0 saturated carbocycles. The zero-order chi connectivity index (χ0) is 14.4. The van der Waals surface area contributed by atoms with E-state index in [1.54, 1.807) is 0 Å². The molecule has 0 spiro atoms. The van der Waals surface area contributed by atoms with Crippen LogP contribution in [-0.4, -0.2) is 33.0 Å². The molecule has 0 radical (unpaired) electrons. The molecule has 0 aliphatic heterocycles. The van der Waals surface area contributed by atoms with E-state index in [1.807, 2.05) is 24.3 Å². The molecule has 0 saturated heterocycles.